The highest BCUT2D eigenvalue weighted by Gasteiger charge is 2.47. The highest BCUT2D eigenvalue weighted by Crippen LogP contribution is 2.51. The summed E-state index contributed by atoms with van der Waals surface area (Å²) in [5, 5.41) is 12.5. The monoisotopic (exact) mass is 375 g/mol. The van der Waals surface area contributed by atoms with Crippen molar-refractivity contribution in [2.75, 3.05) is 6.61 Å². The van der Waals surface area contributed by atoms with E-state index in [9.17, 15) is 9.90 Å². The molecule has 0 spiro atoms. The topological polar surface area (TPSA) is 49.3 Å². The first-order valence-electron chi connectivity index (χ1n) is 9.01. The molecule has 3 aromatic carbocycles. The molecule has 4 rings (SSSR count). The van der Waals surface area contributed by atoms with Crippen molar-refractivity contribution in [1.29, 1.82) is 0 Å². The van der Waals surface area contributed by atoms with Crippen LogP contribution in [0.1, 0.15) is 16.7 Å². The number of carbonyl (C=O) groups is 1. The van der Waals surface area contributed by atoms with Crippen molar-refractivity contribution >= 4 is 17.7 Å². The SMILES string of the molecule is O=C1N[C@@H](SC(c2ccccc2)(c2ccccc2)c2ccccc2)[C@@H]1CO. The molecular formula is C23H21NO2S. The van der Waals surface area contributed by atoms with Crippen LogP contribution in [0.4, 0.5) is 0 Å². The average Bonchev–Trinajstić information content (AvgIpc) is 2.73. The number of β-lactam (4-membered cyclic amide) rings is 1. The minimum absolute atomic E-state index is 0.0851. The first-order chi connectivity index (χ1) is 13.3. The minimum Gasteiger partial charge on any atom is -0.395 e. The quantitative estimate of drug-likeness (QED) is 0.509. The van der Waals surface area contributed by atoms with Crippen LogP contribution in [0.15, 0.2) is 91.0 Å². The van der Waals surface area contributed by atoms with E-state index in [0.717, 1.165) is 16.7 Å². The molecule has 1 aliphatic heterocycles. The van der Waals surface area contributed by atoms with Crippen molar-refractivity contribution < 1.29 is 9.90 Å². The second-order valence-electron chi connectivity index (χ2n) is 6.62. The number of hydrogen-bond acceptors (Lipinski definition) is 3. The fourth-order valence-corrected chi connectivity index (χ4v) is 5.34. The van der Waals surface area contributed by atoms with Crippen LogP contribution in [0.25, 0.3) is 0 Å². The van der Waals surface area contributed by atoms with Crippen LogP contribution in [-0.4, -0.2) is 23.0 Å². The number of aliphatic hydroxyl groups is 1. The van der Waals surface area contributed by atoms with E-state index in [4.69, 9.17) is 0 Å². The Morgan fingerprint density at radius 3 is 1.52 bits per heavy atom. The number of nitrogens with one attached hydrogen (secondary N) is 1. The van der Waals surface area contributed by atoms with Gasteiger partial charge in [0.1, 0.15) is 0 Å². The highest BCUT2D eigenvalue weighted by atomic mass is 32.2. The number of carbonyl (C=O) groups excluding carboxylic acids is 1. The molecule has 2 N–H and O–H groups in total. The van der Waals surface area contributed by atoms with Gasteiger partial charge in [0, 0.05) is 0 Å². The maximum Gasteiger partial charge on any atom is 0.229 e. The lowest BCUT2D eigenvalue weighted by atomic mass is 9.84. The van der Waals surface area contributed by atoms with Gasteiger partial charge in [-0.1, -0.05) is 91.0 Å². The maximum atomic E-state index is 11.9. The van der Waals surface area contributed by atoms with Crippen molar-refractivity contribution in [3.8, 4) is 0 Å². The van der Waals surface area contributed by atoms with E-state index in [1.165, 1.54) is 0 Å². The Hall–Kier alpha value is -2.56. The highest BCUT2D eigenvalue weighted by molar-refractivity contribution is 8.01. The van der Waals surface area contributed by atoms with Crippen molar-refractivity contribution in [2.24, 2.45) is 5.92 Å². The van der Waals surface area contributed by atoms with Crippen LogP contribution >= 0.6 is 11.8 Å². The zero-order valence-corrected chi connectivity index (χ0v) is 15.6. The first kappa shape index (κ1) is 17.8. The molecule has 0 bridgehead atoms. The number of benzene rings is 3. The summed E-state index contributed by atoms with van der Waals surface area (Å²) in [7, 11) is 0. The molecule has 0 unspecified atom stereocenters. The molecule has 1 saturated heterocycles. The van der Waals surface area contributed by atoms with Crippen LogP contribution < -0.4 is 5.32 Å². The average molecular weight is 375 g/mol. The van der Waals surface area contributed by atoms with Crippen LogP contribution in [0.3, 0.4) is 0 Å². The zero-order chi connectivity index (χ0) is 18.7. The normalized spacial score (nSPS) is 19.2. The molecule has 0 saturated carbocycles. The van der Waals surface area contributed by atoms with Crippen molar-refractivity contribution in [1.82, 2.24) is 5.32 Å². The molecule has 1 aliphatic rings. The zero-order valence-electron chi connectivity index (χ0n) is 14.8. The number of thioether (sulfide) groups is 1. The summed E-state index contributed by atoms with van der Waals surface area (Å²) in [6.07, 6.45) is 0. The van der Waals surface area contributed by atoms with Crippen molar-refractivity contribution in [3.63, 3.8) is 0 Å². The smallest absolute Gasteiger partial charge is 0.229 e. The molecule has 3 aromatic rings. The number of aliphatic hydroxyl groups excluding tert-OH is 1. The predicted molar refractivity (Wildman–Crippen MR) is 109 cm³/mol. The van der Waals surface area contributed by atoms with Crippen molar-refractivity contribution in [3.05, 3.63) is 108 Å². The van der Waals surface area contributed by atoms with Crippen LogP contribution in [0, 0.1) is 5.92 Å². The Morgan fingerprint density at radius 1 is 0.778 bits per heavy atom. The number of rotatable bonds is 6. The Kier molecular flexibility index (Phi) is 5.01. The van der Waals surface area contributed by atoms with Gasteiger partial charge in [-0.3, -0.25) is 4.79 Å². The second-order valence-corrected chi connectivity index (χ2v) is 7.97. The molecule has 27 heavy (non-hydrogen) atoms. The minimum atomic E-state index is -0.491. The summed E-state index contributed by atoms with van der Waals surface area (Å²) in [6.45, 7) is -0.141. The van der Waals surface area contributed by atoms with Gasteiger partial charge in [0.25, 0.3) is 0 Å². The van der Waals surface area contributed by atoms with Crippen LogP contribution in [-0.2, 0) is 9.54 Å². The van der Waals surface area contributed by atoms with Gasteiger partial charge in [-0.05, 0) is 16.7 Å². The molecule has 0 aromatic heterocycles. The van der Waals surface area contributed by atoms with E-state index in [0.29, 0.717) is 0 Å². The lowest BCUT2D eigenvalue weighted by molar-refractivity contribution is -0.133. The molecule has 0 radical (unpaired) electrons. The molecule has 1 fully saturated rings. The summed E-state index contributed by atoms with van der Waals surface area (Å²) in [6, 6.07) is 31.0. The Labute approximate surface area is 163 Å². The van der Waals surface area contributed by atoms with Gasteiger partial charge in [0.05, 0.1) is 22.6 Å². The molecule has 0 aliphatic carbocycles. The van der Waals surface area contributed by atoms with Crippen LogP contribution in [0.5, 0.6) is 0 Å². The van der Waals surface area contributed by atoms with E-state index in [2.05, 4.69) is 41.7 Å². The molecule has 4 heteroatoms. The summed E-state index contributed by atoms with van der Waals surface area (Å²) in [5.41, 5.74) is 3.43. The van der Waals surface area contributed by atoms with E-state index < -0.39 is 4.75 Å². The molecule has 2 atom stereocenters. The Morgan fingerprint density at radius 2 is 1.19 bits per heavy atom. The van der Waals surface area contributed by atoms with Gasteiger partial charge in [0.15, 0.2) is 0 Å². The number of hydrogen-bond donors (Lipinski definition) is 2. The van der Waals surface area contributed by atoms with E-state index >= 15 is 0 Å². The third kappa shape index (κ3) is 3.15. The molecule has 3 nitrogen and oxygen atoms in total. The Bertz CT molecular complexity index is 803. The van der Waals surface area contributed by atoms with Gasteiger partial charge in [-0.15, -0.1) is 11.8 Å². The summed E-state index contributed by atoms with van der Waals surface area (Å²) in [4.78, 5) is 11.9. The van der Waals surface area contributed by atoms with E-state index in [1.807, 2.05) is 54.6 Å². The van der Waals surface area contributed by atoms with Crippen LogP contribution in [0.2, 0.25) is 0 Å². The van der Waals surface area contributed by atoms with Gasteiger partial charge in [0.2, 0.25) is 5.91 Å². The van der Waals surface area contributed by atoms with E-state index in [-0.39, 0.29) is 23.8 Å². The first-order valence-corrected chi connectivity index (χ1v) is 9.89. The molecule has 136 valence electrons. The lowest BCUT2D eigenvalue weighted by Gasteiger charge is -2.44. The Balaban J connectivity index is 1.91. The largest absolute Gasteiger partial charge is 0.395 e. The van der Waals surface area contributed by atoms with Gasteiger partial charge in [-0.25, -0.2) is 0 Å². The molecule has 1 heterocycles. The summed E-state index contributed by atoms with van der Waals surface area (Å²) >= 11 is 1.68. The number of amides is 1. The summed E-state index contributed by atoms with van der Waals surface area (Å²) < 4.78 is -0.491. The van der Waals surface area contributed by atoms with Gasteiger partial charge < -0.3 is 10.4 Å². The third-order valence-corrected chi connectivity index (χ3v) is 6.79. The molecule has 1 amide bonds. The summed E-state index contributed by atoms with van der Waals surface area (Å²) in [5.74, 6) is -0.469. The fourth-order valence-electron chi connectivity index (χ4n) is 3.59. The third-order valence-electron chi connectivity index (χ3n) is 5.03. The van der Waals surface area contributed by atoms with Crippen molar-refractivity contribution in [2.45, 2.75) is 10.1 Å². The van der Waals surface area contributed by atoms with E-state index in [1.54, 1.807) is 11.8 Å². The lowest BCUT2D eigenvalue weighted by Crippen LogP contribution is -2.59. The van der Waals surface area contributed by atoms with Gasteiger partial charge >= 0.3 is 0 Å². The fraction of sp³-hybridized carbons (Fsp3) is 0.174. The standard InChI is InChI=1S/C23H21NO2S/c25-16-20-21(26)24-22(20)27-23(17-10-4-1-5-11-17,18-12-6-2-7-13-18)19-14-8-3-9-15-19/h1-15,20,22,25H,16H2,(H,24,26)/t20-,22+/m1/s1. The maximum absolute atomic E-state index is 11.9. The second kappa shape index (κ2) is 7.59. The molecular weight excluding hydrogens is 354 g/mol. The van der Waals surface area contributed by atoms with Gasteiger partial charge in [-0.2, -0.15) is 0 Å². The predicted octanol–water partition coefficient (Wildman–Crippen LogP) is 3.78.